The molecule has 0 radical (unpaired) electrons. The van der Waals surface area contributed by atoms with E-state index in [9.17, 15) is 14.9 Å². The normalized spacial score (nSPS) is 10.4. The second-order valence-electron chi connectivity index (χ2n) is 4.09. The SMILES string of the molecule is Cc1ccc(Cn2nc([N+](=O)[O-])cc2C(=O)O)cc1. The Morgan fingerprint density at radius 1 is 1.42 bits per heavy atom. The fourth-order valence-corrected chi connectivity index (χ4v) is 1.65. The number of carbonyl (C=O) groups is 1. The van der Waals surface area contributed by atoms with Crippen molar-refractivity contribution in [2.24, 2.45) is 0 Å². The summed E-state index contributed by atoms with van der Waals surface area (Å²) < 4.78 is 1.12. The van der Waals surface area contributed by atoms with Gasteiger partial charge in [-0.1, -0.05) is 29.8 Å². The smallest absolute Gasteiger partial charge is 0.390 e. The Balaban J connectivity index is 2.35. The second-order valence-corrected chi connectivity index (χ2v) is 4.09. The number of hydrogen-bond donors (Lipinski definition) is 1. The van der Waals surface area contributed by atoms with Crippen LogP contribution < -0.4 is 0 Å². The fraction of sp³-hybridized carbons (Fsp3) is 0.167. The van der Waals surface area contributed by atoms with Crippen molar-refractivity contribution >= 4 is 11.8 Å². The van der Waals surface area contributed by atoms with E-state index in [4.69, 9.17) is 5.11 Å². The number of carboxylic acid groups (broad SMARTS) is 1. The first-order valence-electron chi connectivity index (χ1n) is 5.48. The van der Waals surface area contributed by atoms with Crippen molar-refractivity contribution in [1.82, 2.24) is 9.78 Å². The Bertz CT molecular complexity index is 631. The van der Waals surface area contributed by atoms with Gasteiger partial charge >= 0.3 is 11.8 Å². The van der Waals surface area contributed by atoms with E-state index in [1.165, 1.54) is 0 Å². The molecule has 0 atom stereocenters. The first-order valence-corrected chi connectivity index (χ1v) is 5.48. The third-order valence-corrected chi connectivity index (χ3v) is 2.63. The van der Waals surface area contributed by atoms with Gasteiger partial charge in [0, 0.05) is 0 Å². The van der Waals surface area contributed by atoms with Gasteiger partial charge in [-0.15, -0.1) is 0 Å². The van der Waals surface area contributed by atoms with Gasteiger partial charge in [-0.3, -0.25) is 0 Å². The lowest BCUT2D eigenvalue weighted by Crippen LogP contribution is -2.10. The molecule has 0 fully saturated rings. The predicted octanol–water partition coefficient (Wildman–Crippen LogP) is 1.85. The van der Waals surface area contributed by atoms with Crippen LogP contribution in [0.2, 0.25) is 0 Å². The fourth-order valence-electron chi connectivity index (χ4n) is 1.65. The van der Waals surface area contributed by atoms with Crippen LogP contribution in [-0.2, 0) is 6.54 Å². The first-order chi connectivity index (χ1) is 8.97. The molecule has 2 aromatic rings. The molecule has 1 aromatic heterocycles. The van der Waals surface area contributed by atoms with Gasteiger partial charge in [0.1, 0.15) is 0 Å². The molecule has 1 heterocycles. The van der Waals surface area contributed by atoms with Gasteiger partial charge in [-0.2, -0.15) is 4.68 Å². The monoisotopic (exact) mass is 261 g/mol. The standard InChI is InChI=1S/C12H11N3O4/c1-8-2-4-9(5-3-8)7-14-10(12(16)17)6-11(13-14)15(18)19/h2-6H,7H2,1H3,(H,16,17). The molecule has 0 aliphatic heterocycles. The van der Waals surface area contributed by atoms with E-state index in [-0.39, 0.29) is 12.2 Å². The highest BCUT2D eigenvalue weighted by atomic mass is 16.6. The maximum atomic E-state index is 11.0. The summed E-state index contributed by atoms with van der Waals surface area (Å²) in [4.78, 5) is 20.9. The summed E-state index contributed by atoms with van der Waals surface area (Å²) >= 11 is 0. The summed E-state index contributed by atoms with van der Waals surface area (Å²) in [6.07, 6.45) is 0. The van der Waals surface area contributed by atoms with Crippen molar-refractivity contribution in [3.63, 3.8) is 0 Å². The van der Waals surface area contributed by atoms with E-state index in [0.29, 0.717) is 0 Å². The van der Waals surface area contributed by atoms with Crippen LogP contribution in [0.1, 0.15) is 21.6 Å². The maximum absolute atomic E-state index is 11.0. The molecule has 2 rings (SSSR count). The molecule has 0 aliphatic rings. The quantitative estimate of drug-likeness (QED) is 0.668. The number of hydrogen-bond acceptors (Lipinski definition) is 4. The number of benzene rings is 1. The molecule has 19 heavy (non-hydrogen) atoms. The molecule has 7 nitrogen and oxygen atoms in total. The van der Waals surface area contributed by atoms with Gasteiger partial charge in [0.25, 0.3) is 0 Å². The second kappa shape index (κ2) is 4.89. The van der Waals surface area contributed by atoms with Crippen molar-refractivity contribution in [1.29, 1.82) is 0 Å². The summed E-state index contributed by atoms with van der Waals surface area (Å²) in [6.45, 7) is 2.11. The topological polar surface area (TPSA) is 98.3 Å². The lowest BCUT2D eigenvalue weighted by atomic mass is 10.1. The van der Waals surface area contributed by atoms with Crippen molar-refractivity contribution in [2.75, 3.05) is 0 Å². The molecule has 0 amide bonds. The van der Waals surface area contributed by atoms with Gasteiger partial charge < -0.3 is 15.2 Å². The molecule has 98 valence electrons. The minimum absolute atomic E-state index is 0.176. The molecular formula is C12H11N3O4. The third-order valence-electron chi connectivity index (χ3n) is 2.63. The summed E-state index contributed by atoms with van der Waals surface area (Å²) in [5.41, 5.74) is 1.70. The van der Waals surface area contributed by atoms with Crippen molar-refractivity contribution in [2.45, 2.75) is 13.5 Å². The van der Waals surface area contributed by atoms with E-state index in [1.807, 2.05) is 31.2 Å². The molecule has 0 spiro atoms. The van der Waals surface area contributed by atoms with Crippen LogP contribution in [0.3, 0.4) is 0 Å². The van der Waals surface area contributed by atoms with Crippen LogP contribution in [0.25, 0.3) is 0 Å². The summed E-state index contributed by atoms with van der Waals surface area (Å²) in [6, 6.07) is 8.38. The van der Waals surface area contributed by atoms with Gasteiger partial charge in [-0.25, -0.2) is 4.79 Å². The Morgan fingerprint density at radius 3 is 2.58 bits per heavy atom. The highest BCUT2D eigenvalue weighted by Gasteiger charge is 2.22. The van der Waals surface area contributed by atoms with Gasteiger partial charge in [0.15, 0.2) is 5.69 Å². The summed E-state index contributed by atoms with van der Waals surface area (Å²) in [5, 5.41) is 23.3. The van der Waals surface area contributed by atoms with Crippen molar-refractivity contribution < 1.29 is 14.8 Å². The maximum Gasteiger partial charge on any atom is 0.390 e. The van der Waals surface area contributed by atoms with E-state index >= 15 is 0 Å². The third kappa shape index (κ3) is 2.76. The van der Waals surface area contributed by atoms with E-state index in [2.05, 4.69) is 5.10 Å². The zero-order chi connectivity index (χ0) is 14.0. The van der Waals surface area contributed by atoms with Gasteiger partial charge in [0.2, 0.25) is 0 Å². The van der Waals surface area contributed by atoms with Crippen LogP contribution in [0.15, 0.2) is 30.3 Å². The highest BCUT2D eigenvalue weighted by Crippen LogP contribution is 2.14. The molecule has 0 saturated heterocycles. The molecule has 0 unspecified atom stereocenters. The van der Waals surface area contributed by atoms with E-state index in [1.54, 1.807) is 0 Å². The van der Waals surface area contributed by atoms with Crippen LogP contribution in [0, 0.1) is 17.0 Å². The van der Waals surface area contributed by atoms with Gasteiger partial charge in [0.05, 0.1) is 17.7 Å². The Morgan fingerprint density at radius 2 is 2.05 bits per heavy atom. The van der Waals surface area contributed by atoms with Crippen LogP contribution >= 0.6 is 0 Å². The zero-order valence-corrected chi connectivity index (χ0v) is 10.1. The number of carboxylic acids is 1. The Labute approximate surface area is 108 Å². The van der Waals surface area contributed by atoms with E-state index < -0.39 is 16.7 Å². The van der Waals surface area contributed by atoms with Crippen molar-refractivity contribution in [3.8, 4) is 0 Å². The first kappa shape index (κ1) is 12.7. The number of aryl methyl sites for hydroxylation is 1. The average molecular weight is 261 g/mol. The summed E-state index contributed by atoms with van der Waals surface area (Å²) in [7, 11) is 0. The van der Waals surface area contributed by atoms with Crippen LogP contribution in [0.5, 0.6) is 0 Å². The molecule has 0 saturated carbocycles. The molecule has 1 N–H and O–H groups in total. The van der Waals surface area contributed by atoms with Gasteiger partial charge in [-0.05, 0) is 17.4 Å². The zero-order valence-electron chi connectivity index (χ0n) is 10.1. The van der Waals surface area contributed by atoms with Crippen LogP contribution in [0.4, 0.5) is 5.82 Å². The lowest BCUT2D eigenvalue weighted by molar-refractivity contribution is -0.389. The molecule has 7 heteroatoms. The number of aromatic carboxylic acids is 1. The number of nitrogens with zero attached hydrogens (tertiary/aromatic N) is 3. The Kier molecular flexibility index (Phi) is 3.28. The molecule has 1 aromatic carbocycles. The summed E-state index contributed by atoms with van der Waals surface area (Å²) in [5.74, 6) is -1.71. The van der Waals surface area contributed by atoms with E-state index in [0.717, 1.165) is 21.9 Å². The Hall–Kier alpha value is -2.70. The lowest BCUT2D eigenvalue weighted by Gasteiger charge is -2.01. The minimum Gasteiger partial charge on any atom is -0.476 e. The highest BCUT2D eigenvalue weighted by molar-refractivity contribution is 5.86. The number of nitro groups is 1. The molecule has 0 aliphatic carbocycles. The average Bonchev–Trinajstić information content (AvgIpc) is 2.76. The largest absolute Gasteiger partial charge is 0.476 e. The van der Waals surface area contributed by atoms with Crippen molar-refractivity contribution in [3.05, 3.63) is 57.3 Å². The minimum atomic E-state index is -1.24. The van der Waals surface area contributed by atoms with Crippen LogP contribution in [-0.4, -0.2) is 25.8 Å². The predicted molar refractivity (Wildman–Crippen MR) is 66.1 cm³/mol. The molecular weight excluding hydrogens is 250 g/mol. The molecule has 0 bridgehead atoms. The number of rotatable bonds is 4. The number of aromatic nitrogens is 2.